The van der Waals surface area contributed by atoms with Gasteiger partial charge in [0.1, 0.15) is 23.8 Å². The molecule has 0 radical (unpaired) electrons. The van der Waals surface area contributed by atoms with E-state index >= 15 is 4.39 Å². The number of piperidine rings is 1. The Morgan fingerprint density at radius 2 is 1.71 bits per heavy atom. The van der Waals surface area contributed by atoms with Crippen LogP contribution in [-0.4, -0.2) is 77.0 Å². The first-order valence-corrected chi connectivity index (χ1v) is 14.9. The van der Waals surface area contributed by atoms with Gasteiger partial charge in [0.25, 0.3) is 0 Å². The van der Waals surface area contributed by atoms with Gasteiger partial charge < -0.3 is 26.6 Å². The number of carbonyl (C=O) groups is 5. The van der Waals surface area contributed by atoms with E-state index in [4.69, 9.17) is 5.73 Å². The Morgan fingerprint density at radius 3 is 2.29 bits per heavy atom. The van der Waals surface area contributed by atoms with Crippen molar-refractivity contribution in [1.82, 2.24) is 20.9 Å². The molecule has 6 bridgehead atoms. The minimum Gasteiger partial charge on any atom is -0.368 e. The van der Waals surface area contributed by atoms with E-state index in [2.05, 4.69) is 10.6 Å². The molecule has 7 rings (SSSR count). The normalized spacial score (nSPS) is 39.6. The Labute approximate surface area is 240 Å². The van der Waals surface area contributed by atoms with Crippen molar-refractivity contribution in [3.8, 4) is 0 Å². The summed E-state index contributed by atoms with van der Waals surface area (Å²) in [5, 5.41) is 7.24. The summed E-state index contributed by atoms with van der Waals surface area (Å²) in [4.78, 5) is 65.9. The number of fused-ring (bicyclic) bond motifs is 2. The molecule has 2 saturated heterocycles. The second-order valence-electron chi connectivity index (χ2n) is 13.8. The Hall–Kier alpha value is -2.93. The smallest absolute Gasteiger partial charge is 0.368 e. The standard InChI is InChI=1S/C28H37F4N5O5/c29-27-10-13-5-14(11-27)9-26(8-13,12-27)20(36-25(42)28(30,31)32)24(41)37-17-2-1-15(6-17)19(37)23(40)35-18(21(33)38)7-16-3-4-34-22(16)39/h13-20H,1-12H2,(H2,33,38)(H,34,39)(H,35,40)(H,36,42)/t13?,14?,15-,16-,17+,18-,19-,20+,26?,27?/m0/s1. The minimum atomic E-state index is -5.25. The van der Waals surface area contributed by atoms with Crippen LogP contribution in [0.3, 0.4) is 0 Å². The summed E-state index contributed by atoms with van der Waals surface area (Å²) in [6.07, 6.45) is -1.34. The number of halogens is 4. The maximum Gasteiger partial charge on any atom is 0.471 e. The van der Waals surface area contributed by atoms with E-state index in [0.29, 0.717) is 57.9 Å². The van der Waals surface area contributed by atoms with Crippen molar-refractivity contribution >= 4 is 29.5 Å². The molecule has 2 heterocycles. The molecule has 5 amide bonds. The largest absolute Gasteiger partial charge is 0.471 e. The highest BCUT2D eigenvalue weighted by atomic mass is 19.4. The summed E-state index contributed by atoms with van der Waals surface area (Å²) >= 11 is 0. The van der Waals surface area contributed by atoms with Gasteiger partial charge in [-0.05, 0) is 88.4 Å². The Bertz CT molecular complexity index is 1180. The van der Waals surface area contributed by atoms with Crippen LogP contribution in [0.4, 0.5) is 17.6 Å². The van der Waals surface area contributed by atoms with Crippen LogP contribution in [0, 0.1) is 29.1 Å². The maximum absolute atomic E-state index is 15.9. The Morgan fingerprint density at radius 1 is 1.02 bits per heavy atom. The van der Waals surface area contributed by atoms with Gasteiger partial charge in [-0.2, -0.15) is 13.2 Å². The quantitative estimate of drug-likeness (QED) is 0.310. The number of hydrogen-bond acceptors (Lipinski definition) is 5. The number of amides is 5. The number of nitrogens with two attached hydrogens (primary N) is 1. The summed E-state index contributed by atoms with van der Waals surface area (Å²) in [6, 6.07) is -4.35. The monoisotopic (exact) mass is 599 g/mol. The number of nitrogens with one attached hydrogen (secondary N) is 3. The van der Waals surface area contributed by atoms with Crippen LogP contribution >= 0.6 is 0 Å². The third kappa shape index (κ3) is 5.01. The van der Waals surface area contributed by atoms with Crippen molar-refractivity contribution in [3.63, 3.8) is 0 Å². The molecule has 0 aromatic rings. The number of carbonyl (C=O) groups excluding carboxylic acids is 5. The zero-order valence-corrected chi connectivity index (χ0v) is 23.2. The summed E-state index contributed by atoms with van der Waals surface area (Å²) in [6.45, 7) is 0.437. The van der Waals surface area contributed by atoms with Gasteiger partial charge in [0.2, 0.25) is 23.6 Å². The Balaban J connectivity index is 1.28. The lowest BCUT2D eigenvalue weighted by Crippen LogP contribution is -2.68. The number of likely N-dealkylation sites (tertiary alicyclic amines) is 1. The van der Waals surface area contributed by atoms with Crippen LogP contribution in [0.1, 0.15) is 70.6 Å². The number of primary amides is 1. The topological polar surface area (TPSA) is 151 Å². The van der Waals surface area contributed by atoms with Crippen LogP contribution in [0.5, 0.6) is 0 Å². The van der Waals surface area contributed by atoms with Gasteiger partial charge in [-0.25, -0.2) is 4.39 Å². The zero-order valence-electron chi connectivity index (χ0n) is 23.2. The summed E-state index contributed by atoms with van der Waals surface area (Å²) in [7, 11) is 0. The highest BCUT2D eigenvalue weighted by molar-refractivity contribution is 5.96. The predicted molar refractivity (Wildman–Crippen MR) is 138 cm³/mol. The summed E-state index contributed by atoms with van der Waals surface area (Å²) < 4.78 is 56.4. The zero-order chi connectivity index (χ0) is 30.2. The molecule has 14 heteroatoms. The minimum absolute atomic E-state index is 0.0175. The highest BCUT2D eigenvalue weighted by Crippen LogP contribution is 2.64. The second-order valence-corrected chi connectivity index (χ2v) is 13.8. The van der Waals surface area contributed by atoms with Crippen LogP contribution in [0.15, 0.2) is 0 Å². The van der Waals surface area contributed by atoms with Crippen LogP contribution in [0.25, 0.3) is 0 Å². The first-order chi connectivity index (χ1) is 19.7. The van der Waals surface area contributed by atoms with Crippen molar-refractivity contribution in [2.75, 3.05) is 6.54 Å². The van der Waals surface area contributed by atoms with E-state index < -0.39 is 71.0 Å². The molecule has 2 aliphatic heterocycles. The van der Waals surface area contributed by atoms with E-state index in [9.17, 15) is 37.1 Å². The van der Waals surface area contributed by atoms with Gasteiger partial charge in [0, 0.05) is 23.9 Å². The van der Waals surface area contributed by atoms with Gasteiger partial charge >= 0.3 is 12.1 Å². The molecule has 5 saturated carbocycles. The average molecular weight is 600 g/mol. The molecule has 0 aromatic carbocycles. The van der Waals surface area contributed by atoms with Crippen LogP contribution in [-0.2, 0) is 24.0 Å². The molecular formula is C28H37F4N5O5. The van der Waals surface area contributed by atoms with Gasteiger partial charge in [-0.3, -0.25) is 24.0 Å². The van der Waals surface area contributed by atoms with E-state index in [1.54, 1.807) is 0 Å². The maximum atomic E-state index is 15.9. The fraction of sp³-hybridized carbons (Fsp3) is 0.821. The van der Waals surface area contributed by atoms with E-state index in [1.165, 1.54) is 4.90 Å². The van der Waals surface area contributed by atoms with Crippen molar-refractivity contribution in [1.29, 1.82) is 0 Å². The highest BCUT2D eigenvalue weighted by Gasteiger charge is 2.64. The van der Waals surface area contributed by atoms with Gasteiger partial charge in [0.15, 0.2) is 0 Å². The van der Waals surface area contributed by atoms with E-state index in [0.717, 1.165) is 6.42 Å². The van der Waals surface area contributed by atoms with Crippen molar-refractivity contribution in [2.45, 2.75) is 107 Å². The molecule has 2 unspecified atom stereocenters. The van der Waals surface area contributed by atoms with Gasteiger partial charge in [-0.1, -0.05) is 0 Å². The molecule has 7 fully saturated rings. The van der Waals surface area contributed by atoms with Crippen molar-refractivity contribution in [2.24, 2.45) is 34.8 Å². The lowest BCUT2D eigenvalue weighted by molar-refractivity contribution is -0.183. The number of hydrogen-bond donors (Lipinski definition) is 4. The van der Waals surface area contributed by atoms with Gasteiger partial charge in [-0.15, -0.1) is 0 Å². The average Bonchev–Trinajstić information content (AvgIpc) is 3.60. The van der Waals surface area contributed by atoms with E-state index in [1.807, 2.05) is 5.32 Å². The number of nitrogens with zero attached hydrogens (tertiary/aromatic N) is 1. The third-order valence-corrected chi connectivity index (χ3v) is 10.9. The lowest BCUT2D eigenvalue weighted by Gasteiger charge is -2.61. The second kappa shape index (κ2) is 10.1. The number of alkyl halides is 4. The molecule has 0 spiro atoms. The fourth-order valence-electron chi connectivity index (χ4n) is 9.70. The van der Waals surface area contributed by atoms with Gasteiger partial charge in [0.05, 0.1) is 0 Å². The summed E-state index contributed by atoms with van der Waals surface area (Å²) in [5.41, 5.74) is 2.76. The molecule has 7 aliphatic rings. The van der Waals surface area contributed by atoms with Crippen LogP contribution in [0.2, 0.25) is 0 Å². The predicted octanol–water partition coefficient (Wildman–Crippen LogP) is 1.22. The molecular weight excluding hydrogens is 562 g/mol. The first-order valence-electron chi connectivity index (χ1n) is 14.9. The fourth-order valence-corrected chi connectivity index (χ4v) is 9.70. The molecule has 232 valence electrons. The van der Waals surface area contributed by atoms with Crippen molar-refractivity contribution < 1.29 is 41.5 Å². The summed E-state index contributed by atoms with van der Waals surface area (Å²) in [5.74, 6) is -5.85. The van der Waals surface area contributed by atoms with Crippen LogP contribution < -0.4 is 21.7 Å². The molecule has 0 aromatic heterocycles. The Kier molecular flexibility index (Phi) is 6.99. The molecule has 8 atom stereocenters. The number of rotatable bonds is 8. The molecule has 10 nitrogen and oxygen atoms in total. The molecule has 42 heavy (non-hydrogen) atoms. The SMILES string of the molecule is NC(=O)[C@H](C[C@@H]1CCNC1=O)NC(=O)[C@@H]1[C@H]2CC[C@H](C2)N1C(=O)[C@@H](NC(=O)C(F)(F)F)C12CC3CC(CC(F)(C3)C1)C2. The molecule has 5 aliphatic carbocycles. The van der Waals surface area contributed by atoms with E-state index in [-0.39, 0.29) is 36.5 Å². The first kappa shape index (κ1) is 29.2. The molecule has 5 N–H and O–H groups in total. The van der Waals surface area contributed by atoms with Crippen molar-refractivity contribution in [3.05, 3.63) is 0 Å². The lowest BCUT2D eigenvalue weighted by atomic mass is 9.46. The third-order valence-electron chi connectivity index (χ3n) is 10.9.